The molecule has 0 aromatic heterocycles. The van der Waals surface area contributed by atoms with Gasteiger partial charge in [-0.15, -0.1) is 0 Å². The summed E-state index contributed by atoms with van der Waals surface area (Å²) in [6.45, 7) is 8.41. The predicted molar refractivity (Wildman–Crippen MR) is 74.0 cm³/mol. The van der Waals surface area contributed by atoms with E-state index in [1.165, 1.54) is 7.05 Å². The van der Waals surface area contributed by atoms with Crippen LogP contribution in [0.2, 0.25) is 0 Å². The SMILES string of the molecule is CCCCC(CC)COC(=O)C(C(C)C)N(C)[O-]. The van der Waals surface area contributed by atoms with Crippen molar-refractivity contribution in [1.29, 1.82) is 0 Å². The molecule has 4 heteroatoms. The van der Waals surface area contributed by atoms with Crippen LogP contribution in [-0.4, -0.2) is 30.7 Å². The molecular formula is C14H28NO3-. The fourth-order valence-corrected chi connectivity index (χ4v) is 2.02. The van der Waals surface area contributed by atoms with Gasteiger partial charge in [-0.25, -0.2) is 0 Å². The number of carbonyl (C=O) groups is 1. The predicted octanol–water partition coefficient (Wildman–Crippen LogP) is 3.20. The highest BCUT2D eigenvalue weighted by Gasteiger charge is 2.24. The molecule has 0 fully saturated rings. The molecule has 0 aromatic carbocycles. The number of unbranched alkanes of at least 4 members (excludes halogenated alkanes) is 1. The second-order valence-corrected chi connectivity index (χ2v) is 5.28. The summed E-state index contributed by atoms with van der Waals surface area (Å²) in [5, 5.41) is 12.0. The maximum Gasteiger partial charge on any atom is 0.322 e. The molecule has 2 unspecified atom stereocenters. The first kappa shape index (κ1) is 17.4. The number of rotatable bonds is 9. The molecule has 18 heavy (non-hydrogen) atoms. The van der Waals surface area contributed by atoms with Crippen molar-refractivity contribution in [2.24, 2.45) is 11.8 Å². The third-order valence-corrected chi connectivity index (χ3v) is 3.27. The van der Waals surface area contributed by atoms with E-state index >= 15 is 0 Å². The Kier molecular flexibility index (Phi) is 9.02. The largest absolute Gasteiger partial charge is 0.785 e. The van der Waals surface area contributed by atoms with Crippen molar-refractivity contribution < 1.29 is 9.53 Å². The Hall–Kier alpha value is -0.610. The first-order chi connectivity index (χ1) is 8.43. The van der Waals surface area contributed by atoms with Gasteiger partial charge in [-0.1, -0.05) is 47.0 Å². The van der Waals surface area contributed by atoms with Crippen molar-refractivity contribution in [2.45, 2.75) is 59.4 Å². The minimum Gasteiger partial charge on any atom is -0.785 e. The minimum absolute atomic E-state index is 0.0317. The molecular weight excluding hydrogens is 230 g/mol. The van der Waals surface area contributed by atoms with Gasteiger partial charge in [0.2, 0.25) is 0 Å². The average molecular weight is 258 g/mol. The molecule has 0 saturated heterocycles. The van der Waals surface area contributed by atoms with Gasteiger partial charge in [-0.05, 0) is 25.3 Å². The van der Waals surface area contributed by atoms with Crippen LogP contribution >= 0.6 is 0 Å². The van der Waals surface area contributed by atoms with Crippen LogP contribution in [-0.2, 0) is 9.53 Å². The van der Waals surface area contributed by atoms with Gasteiger partial charge in [-0.2, -0.15) is 0 Å². The molecule has 108 valence electrons. The summed E-state index contributed by atoms with van der Waals surface area (Å²) < 4.78 is 5.30. The van der Waals surface area contributed by atoms with Gasteiger partial charge in [0.15, 0.2) is 0 Å². The van der Waals surface area contributed by atoms with Crippen LogP contribution in [0.15, 0.2) is 0 Å². The van der Waals surface area contributed by atoms with Gasteiger partial charge in [0.25, 0.3) is 0 Å². The standard InChI is InChI=1S/C14H28NO3/c1-6-8-9-12(7-2)10-18-14(16)13(11(3)4)15(5)17/h11-13H,6-10H2,1-5H3/q-1. The summed E-state index contributed by atoms with van der Waals surface area (Å²) in [6.07, 6.45) is 4.40. The summed E-state index contributed by atoms with van der Waals surface area (Å²) >= 11 is 0. The van der Waals surface area contributed by atoms with Crippen molar-refractivity contribution in [3.63, 3.8) is 0 Å². The highest BCUT2D eigenvalue weighted by molar-refractivity contribution is 5.76. The quantitative estimate of drug-likeness (QED) is 0.471. The molecule has 0 bridgehead atoms. The van der Waals surface area contributed by atoms with Gasteiger partial charge in [0.05, 0.1) is 12.6 Å². The minimum atomic E-state index is -0.686. The third kappa shape index (κ3) is 6.36. The summed E-state index contributed by atoms with van der Waals surface area (Å²) in [4.78, 5) is 11.9. The molecule has 4 nitrogen and oxygen atoms in total. The number of hydroxylamine groups is 2. The molecule has 0 heterocycles. The highest BCUT2D eigenvalue weighted by Crippen LogP contribution is 2.15. The Morgan fingerprint density at radius 2 is 1.94 bits per heavy atom. The van der Waals surface area contributed by atoms with Gasteiger partial charge < -0.3 is 15.0 Å². The number of esters is 1. The van der Waals surface area contributed by atoms with Crippen molar-refractivity contribution in [2.75, 3.05) is 13.7 Å². The second-order valence-electron chi connectivity index (χ2n) is 5.28. The molecule has 0 spiro atoms. The Morgan fingerprint density at radius 1 is 1.33 bits per heavy atom. The van der Waals surface area contributed by atoms with Crippen LogP contribution in [0.3, 0.4) is 0 Å². The van der Waals surface area contributed by atoms with Crippen molar-refractivity contribution >= 4 is 5.97 Å². The molecule has 0 aliphatic carbocycles. The van der Waals surface area contributed by atoms with E-state index in [2.05, 4.69) is 13.8 Å². The van der Waals surface area contributed by atoms with E-state index in [4.69, 9.17) is 4.74 Å². The number of likely N-dealkylation sites (N-methyl/N-ethyl adjacent to an activating group) is 1. The zero-order chi connectivity index (χ0) is 14.1. The van der Waals surface area contributed by atoms with Gasteiger partial charge in [0, 0.05) is 0 Å². The zero-order valence-corrected chi connectivity index (χ0v) is 12.4. The van der Waals surface area contributed by atoms with Crippen molar-refractivity contribution in [1.82, 2.24) is 5.06 Å². The third-order valence-electron chi connectivity index (χ3n) is 3.27. The van der Waals surface area contributed by atoms with E-state index in [1.807, 2.05) is 13.8 Å². The summed E-state index contributed by atoms with van der Waals surface area (Å²) in [7, 11) is 1.38. The Labute approximate surface area is 111 Å². The highest BCUT2D eigenvalue weighted by atomic mass is 16.6. The van der Waals surface area contributed by atoms with Crippen molar-refractivity contribution in [3.05, 3.63) is 5.21 Å². The Balaban J connectivity index is 4.20. The Bertz CT molecular complexity index is 221. The van der Waals surface area contributed by atoms with E-state index in [9.17, 15) is 10.0 Å². The van der Waals surface area contributed by atoms with Crippen LogP contribution in [0.1, 0.15) is 53.4 Å². The number of hydrogen-bond acceptors (Lipinski definition) is 4. The molecule has 0 saturated carbocycles. The lowest BCUT2D eigenvalue weighted by Crippen LogP contribution is -2.40. The normalized spacial score (nSPS) is 14.9. The number of carbonyl (C=O) groups excluding carboxylic acids is 1. The van der Waals surface area contributed by atoms with Crippen LogP contribution in [0, 0.1) is 17.0 Å². The lowest BCUT2D eigenvalue weighted by molar-refractivity contribution is -0.151. The average Bonchev–Trinajstić information content (AvgIpc) is 2.28. The van der Waals surface area contributed by atoms with Crippen LogP contribution in [0.4, 0.5) is 0 Å². The zero-order valence-electron chi connectivity index (χ0n) is 12.4. The Morgan fingerprint density at radius 3 is 2.33 bits per heavy atom. The van der Waals surface area contributed by atoms with Crippen molar-refractivity contribution in [3.8, 4) is 0 Å². The van der Waals surface area contributed by atoms with E-state index in [0.717, 1.165) is 25.7 Å². The maximum atomic E-state index is 11.9. The topological polar surface area (TPSA) is 52.6 Å². The lowest BCUT2D eigenvalue weighted by atomic mass is 10.0. The molecule has 0 radical (unpaired) electrons. The van der Waals surface area contributed by atoms with Gasteiger partial charge in [-0.3, -0.25) is 4.79 Å². The van der Waals surface area contributed by atoms with E-state index in [0.29, 0.717) is 17.6 Å². The summed E-state index contributed by atoms with van der Waals surface area (Å²) in [6, 6.07) is -0.686. The molecule has 0 rings (SSSR count). The van der Waals surface area contributed by atoms with Crippen LogP contribution in [0.25, 0.3) is 0 Å². The fraction of sp³-hybridized carbons (Fsp3) is 0.929. The van der Waals surface area contributed by atoms with Gasteiger partial charge >= 0.3 is 5.97 Å². The maximum absolute atomic E-state index is 11.9. The molecule has 2 atom stereocenters. The molecule has 0 aromatic rings. The monoisotopic (exact) mass is 258 g/mol. The van der Waals surface area contributed by atoms with Crippen LogP contribution in [0.5, 0.6) is 0 Å². The summed E-state index contributed by atoms with van der Waals surface area (Å²) in [5.41, 5.74) is 0. The van der Waals surface area contributed by atoms with Crippen LogP contribution < -0.4 is 0 Å². The lowest BCUT2D eigenvalue weighted by Gasteiger charge is -2.34. The first-order valence-corrected chi connectivity index (χ1v) is 7.00. The second kappa shape index (κ2) is 9.34. The summed E-state index contributed by atoms with van der Waals surface area (Å²) in [5.74, 6) is -0.00756. The van der Waals surface area contributed by atoms with E-state index in [-0.39, 0.29) is 5.92 Å². The first-order valence-electron chi connectivity index (χ1n) is 7.00. The smallest absolute Gasteiger partial charge is 0.322 e. The number of hydrogen-bond donors (Lipinski definition) is 0. The molecule has 0 aliphatic rings. The number of nitrogens with zero attached hydrogens (tertiary/aromatic N) is 1. The number of ether oxygens (including phenoxy) is 1. The fourth-order valence-electron chi connectivity index (χ4n) is 2.02. The molecule has 0 amide bonds. The van der Waals surface area contributed by atoms with E-state index in [1.54, 1.807) is 0 Å². The van der Waals surface area contributed by atoms with E-state index < -0.39 is 12.0 Å². The van der Waals surface area contributed by atoms with Gasteiger partial charge in [0.1, 0.15) is 0 Å². The molecule has 0 N–H and O–H groups in total. The molecule has 0 aliphatic heterocycles.